The molecule has 0 saturated carbocycles. The van der Waals surface area contributed by atoms with E-state index in [2.05, 4.69) is 4.98 Å². The lowest BCUT2D eigenvalue weighted by Crippen LogP contribution is -1.98. The molecule has 0 amide bonds. The first kappa shape index (κ1) is 12.2. The number of hydrogen-bond donors (Lipinski definition) is 0. The Kier molecular flexibility index (Phi) is 4.49. The first-order valence-corrected chi connectivity index (χ1v) is 4.95. The van der Waals surface area contributed by atoms with Crippen LogP contribution in [0.25, 0.3) is 6.08 Å². The summed E-state index contributed by atoms with van der Waals surface area (Å²) >= 11 is 5.79. The molecule has 0 atom stereocenters. The number of pyridine rings is 1. The van der Waals surface area contributed by atoms with Gasteiger partial charge in [0.2, 0.25) is 0 Å². The highest BCUT2D eigenvalue weighted by atomic mass is 35.5. The molecule has 0 N–H and O–H groups in total. The third kappa shape index (κ3) is 3.37. The van der Waals surface area contributed by atoms with E-state index in [0.717, 1.165) is 0 Å². The minimum absolute atomic E-state index is 0.236. The number of hydrogen-bond acceptors (Lipinski definition) is 4. The molecule has 0 aliphatic rings. The number of ether oxygens (including phenoxy) is 1. The molecule has 5 heteroatoms. The van der Waals surface area contributed by atoms with Crippen molar-refractivity contribution in [2.45, 2.75) is 6.92 Å². The average Bonchev–Trinajstić information content (AvgIpc) is 2.28. The molecule has 16 heavy (non-hydrogen) atoms. The number of rotatable bonds is 3. The van der Waals surface area contributed by atoms with Gasteiger partial charge in [-0.15, -0.1) is 0 Å². The van der Waals surface area contributed by atoms with Gasteiger partial charge in [-0.25, -0.2) is 9.78 Å². The van der Waals surface area contributed by atoms with Gasteiger partial charge in [0.15, 0.2) is 0 Å². The summed E-state index contributed by atoms with van der Waals surface area (Å²) in [6.07, 6.45) is 4.08. The number of aromatic nitrogens is 1. The monoisotopic (exact) mass is 236 g/mol. The predicted octanol–water partition coefficient (Wildman–Crippen LogP) is 2.18. The summed E-state index contributed by atoms with van der Waals surface area (Å²) in [5.41, 5.74) is 0.890. The van der Waals surface area contributed by atoms with Crippen molar-refractivity contribution >= 4 is 23.6 Å². The highest BCUT2D eigenvalue weighted by molar-refractivity contribution is 6.30. The third-order valence-corrected chi connectivity index (χ3v) is 2.00. The normalized spacial score (nSPS) is 10.1. The standard InChI is InChI=1S/C11H9ClN2O2/c1-2-16-10(15)4-3-9-5-8(6-13)7-14-11(9)12/h3-5,7H,2H2,1H3. The van der Waals surface area contributed by atoms with Crippen LogP contribution in [0.1, 0.15) is 18.1 Å². The Morgan fingerprint density at radius 2 is 2.50 bits per heavy atom. The Morgan fingerprint density at radius 3 is 3.12 bits per heavy atom. The molecule has 1 aromatic rings. The summed E-state index contributed by atoms with van der Waals surface area (Å²) in [5.74, 6) is -0.457. The highest BCUT2D eigenvalue weighted by Gasteiger charge is 2.01. The van der Waals surface area contributed by atoms with E-state index in [1.807, 2.05) is 6.07 Å². The van der Waals surface area contributed by atoms with Crippen LogP contribution < -0.4 is 0 Å². The van der Waals surface area contributed by atoms with Gasteiger partial charge < -0.3 is 4.74 Å². The lowest BCUT2D eigenvalue weighted by Gasteiger charge is -1.98. The van der Waals surface area contributed by atoms with Crippen molar-refractivity contribution in [1.82, 2.24) is 4.98 Å². The molecule has 0 aliphatic carbocycles. The van der Waals surface area contributed by atoms with Crippen molar-refractivity contribution in [3.8, 4) is 6.07 Å². The van der Waals surface area contributed by atoms with Crippen LogP contribution in [-0.4, -0.2) is 17.6 Å². The number of nitriles is 1. The smallest absolute Gasteiger partial charge is 0.330 e. The fourth-order valence-corrected chi connectivity index (χ4v) is 1.16. The maximum absolute atomic E-state index is 11.0. The Morgan fingerprint density at radius 1 is 1.75 bits per heavy atom. The van der Waals surface area contributed by atoms with E-state index >= 15 is 0 Å². The lowest BCUT2D eigenvalue weighted by atomic mass is 10.2. The van der Waals surface area contributed by atoms with Gasteiger partial charge in [0.05, 0.1) is 12.2 Å². The van der Waals surface area contributed by atoms with E-state index in [1.54, 1.807) is 13.0 Å². The summed E-state index contributed by atoms with van der Waals surface area (Å²) < 4.78 is 4.71. The van der Waals surface area contributed by atoms with Gasteiger partial charge in [0.1, 0.15) is 11.2 Å². The zero-order valence-corrected chi connectivity index (χ0v) is 9.36. The van der Waals surface area contributed by atoms with E-state index in [0.29, 0.717) is 17.7 Å². The van der Waals surface area contributed by atoms with E-state index in [4.69, 9.17) is 21.6 Å². The maximum atomic E-state index is 11.0. The molecule has 0 unspecified atom stereocenters. The molecule has 0 aromatic carbocycles. The summed E-state index contributed by atoms with van der Waals surface area (Å²) in [6, 6.07) is 3.48. The van der Waals surface area contributed by atoms with E-state index in [1.165, 1.54) is 18.3 Å². The molecule has 0 bridgehead atoms. The van der Waals surface area contributed by atoms with Gasteiger partial charge in [-0.05, 0) is 19.1 Å². The molecule has 0 radical (unpaired) electrons. The molecule has 1 heterocycles. The van der Waals surface area contributed by atoms with Crippen molar-refractivity contribution in [3.63, 3.8) is 0 Å². The molecular weight excluding hydrogens is 228 g/mol. The maximum Gasteiger partial charge on any atom is 0.330 e. The topological polar surface area (TPSA) is 63.0 Å². The molecule has 0 spiro atoms. The van der Waals surface area contributed by atoms with Crippen molar-refractivity contribution in [2.75, 3.05) is 6.61 Å². The van der Waals surface area contributed by atoms with Crippen molar-refractivity contribution in [2.24, 2.45) is 0 Å². The number of esters is 1. The van der Waals surface area contributed by atoms with Gasteiger partial charge in [0.25, 0.3) is 0 Å². The SMILES string of the molecule is CCOC(=O)C=Cc1cc(C#N)cnc1Cl. The van der Waals surface area contributed by atoms with E-state index < -0.39 is 5.97 Å². The number of halogens is 1. The van der Waals surface area contributed by atoms with Crippen molar-refractivity contribution in [3.05, 3.63) is 34.6 Å². The summed E-state index contributed by atoms with van der Waals surface area (Å²) in [7, 11) is 0. The van der Waals surface area contributed by atoms with Crippen LogP contribution >= 0.6 is 11.6 Å². The fourth-order valence-electron chi connectivity index (χ4n) is 0.991. The second-order valence-electron chi connectivity index (χ2n) is 2.80. The minimum atomic E-state index is -0.457. The average molecular weight is 237 g/mol. The summed E-state index contributed by atoms with van der Waals surface area (Å²) in [5, 5.41) is 8.90. The van der Waals surface area contributed by atoms with Crippen molar-refractivity contribution < 1.29 is 9.53 Å². The van der Waals surface area contributed by atoms with Crippen LogP contribution in [0.4, 0.5) is 0 Å². The molecule has 0 saturated heterocycles. The van der Waals surface area contributed by atoms with Gasteiger partial charge in [-0.2, -0.15) is 5.26 Å². The Labute approximate surface area is 98.1 Å². The first-order valence-electron chi connectivity index (χ1n) is 4.58. The second-order valence-corrected chi connectivity index (χ2v) is 3.16. The van der Waals surface area contributed by atoms with Gasteiger partial charge in [-0.3, -0.25) is 0 Å². The Hall–Kier alpha value is -1.86. The van der Waals surface area contributed by atoms with Gasteiger partial charge in [0, 0.05) is 17.8 Å². The zero-order chi connectivity index (χ0) is 12.0. The van der Waals surface area contributed by atoms with Crippen LogP contribution in [0, 0.1) is 11.3 Å². The Balaban J connectivity index is 2.88. The van der Waals surface area contributed by atoms with Crippen LogP contribution in [0.15, 0.2) is 18.3 Å². The van der Waals surface area contributed by atoms with Gasteiger partial charge >= 0.3 is 5.97 Å². The lowest BCUT2D eigenvalue weighted by molar-refractivity contribution is -0.137. The zero-order valence-electron chi connectivity index (χ0n) is 8.61. The van der Waals surface area contributed by atoms with Crippen LogP contribution in [0.5, 0.6) is 0 Å². The molecule has 0 fully saturated rings. The largest absolute Gasteiger partial charge is 0.463 e. The highest BCUT2D eigenvalue weighted by Crippen LogP contribution is 2.15. The van der Waals surface area contributed by atoms with Crippen LogP contribution in [-0.2, 0) is 9.53 Å². The van der Waals surface area contributed by atoms with E-state index in [-0.39, 0.29) is 5.15 Å². The second kappa shape index (κ2) is 5.89. The minimum Gasteiger partial charge on any atom is -0.463 e. The fraction of sp³-hybridized carbons (Fsp3) is 0.182. The molecule has 4 nitrogen and oxygen atoms in total. The summed E-state index contributed by atoms with van der Waals surface area (Å²) in [4.78, 5) is 14.9. The summed E-state index contributed by atoms with van der Waals surface area (Å²) in [6.45, 7) is 2.03. The van der Waals surface area contributed by atoms with Gasteiger partial charge in [-0.1, -0.05) is 11.6 Å². The van der Waals surface area contributed by atoms with Crippen LogP contribution in [0.2, 0.25) is 5.15 Å². The predicted molar refractivity (Wildman–Crippen MR) is 59.6 cm³/mol. The number of nitrogens with zero attached hydrogens (tertiary/aromatic N) is 2. The number of carbonyl (C=O) groups excluding carboxylic acids is 1. The number of carbonyl (C=O) groups is 1. The molecule has 0 aliphatic heterocycles. The first-order chi connectivity index (χ1) is 7.67. The third-order valence-electron chi connectivity index (χ3n) is 1.68. The van der Waals surface area contributed by atoms with Crippen LogP contribution in [0.3, 0.4) is 0 Å². The molecule has 1 rings (SSSR count). The Bertz CT molecular complexity index is 464. The van der Waals surface area contributed by atoms with Crippen molar-refractivity contribution in [1.29, 1.82) is 5.26 Å². The molecule has 82 valence electrons. The van der Waals surface area contributed by atoms with E-state index in [9.17, 15) is 4.79 Å². The molecular formula is C11H9ClN2O2. The quantitative estimate of drug-likeness (QED) is 0.458. The molecule has 1 aromatic heterocycles.